The van der Waals surface area contributed by atoms with Crippen LogP contribution in [0.25, 0.3) is 0 Å². The highest BCUT2D eigenvalue weighted by atomic mass is 16.4. The maximum absolute atomic E-state index is 10.4. The first-order valence-electron chi connectivity index (χ1n) is 9.16. The third-order valence-corrected chi connectivity index (χ3v) is 4.42. The molecule has 0 aromatic carbocycles. The Labute approximate surface area is 141 Å². The van der Waals surface area contributed by atoms with Crippen molar-refractivity contribution in [3.8, 4) is 11.8 Å². The van der Waals surface area contributed by atoms with E-state index in [1.54, 1.807) is 0 Å². The van der Waals surface area contributed by atoms with Gasteiger partial charge in [0.15, 0.2) is 0 Å². The Hall–Kier alpha value is -1.27. The molecule has 0 aromatic rings. The summed E-state index contributed by atoms with van der Waals surface area (Å²) < 4.78 is 0. The summed E-state index contributed by atoms with van der Waals surface area (Å²) in [6.45, 7) is 2.16. The van der Waals surface area contributed by atoms with Crippen LogP contribution in [0.15, 0.2) is 12.2 Å². The number of aliphatic carboxylic acids is 1. The van der Waals surface area contributed by atoms with E-state index in [1.807, 2.05) is 0 Å². The average molecular weight is 320 g/mol. The van der Waals surface area contributed by atoms with Crippen molar-refractivity contribution < 1.29 is 15.0 Å². The maximum atomic E-state index is 10.4. The van der Waals surface area contributed by atoms with Crippen molar-refractivity contribution in [3.05, 3.63) is 12.2 Å². The molecule has 1 aliphatic rings. The normalized spacial score (nSPS) is 21.0. The first-order valence-corrected chi connectivity index (χ1v) is 9.16. The van der Waals surface area contributed by atoms with Crippen molar-refractivity contribution in [1.29, 1.82) is 0 Å². The summed E-state index contributed by atoms with van der Waals surface area (Å²) in [4.78, 5) is 10.4. The molecule has 0 aliphatic heterocycles. The van der Waals surface area contributed by atoms with Crippen molar-refractivity contribution in [2.24, 2.45) is 11.8 Å². The lowest BCUT2D eigenvalue weighted by Gasteiger charge is -2.01. The Morgan fingerprint density at radius 1 is 1.22 bits per heavy atom. The van der Waals surface area contributed by atoms with Gasteiger partial charge in [0.05, 0.1) is 0 Å². The van der Waals surface area contributed by atoms with Crippen molar-refractivity contribution >= 4 is 5.97 Å². The average Bonchev–Trinajstić information content (AvgIpc) is 3.24. The molecule has 1 rings (SSSR count). The second kappa shape index (κ2) is 12.2. The van der Waals surface area contributed by atoms with Crippen molar-refractivity contribution in [1.82, 2.24) is 0 Å². The van der Waals surface area contributed by atoms with Crippen LogP contribution in [0.4, 0.5) is 0 Å². The molecule has 0 bridgehead atoms. The Bertz CT molecular complexity index is 416. The van der Waals surface area contributed by atoms with Crippen LogP contribution < -0.4 is 0 Å². The first kappa shape index (κ1) is 19.8. The minimum absolute atomic E-state index is 0.262. The van der Waals surface area contributed by atoms with Crippen LogP contribution in [0.5, 0.6) is 0 Å². The minimum Gasteiger partial charge on any atom is -0.481 e. The smallest absolute Gasteiger partial charge is 0.303 e. The summed E-state index contributed by atoms with van der Waals surface area (Å²) in [5.74, 6) is 6.95. The number of allylic oxidation sites excluding steroid dienone is 2. The summed E-state index contributed by atoms with van der Waals surface area (Å²) >= 11 is 0. The Balaban J connectivity index is 1.99. The fourth-order valence-corrected chi connectivity index (χ4v) is 2.80. The molecule has 3 atom stereocenters. The van der Waals surface area contributed by atoms with Gasteiger partial charge in [-0.1, -0.05) is 37.8 Å². The molecule has 3 unspecified atom stereocenters. The number of rotatable bonds is 12. The zero-order chi connectivity index (χ0) is 16.9. The van der Waals surface area contributed by atoms with Gasteiger partial charge in [-0.2, -0.15) is 0 Å². The van der Waals surface area contributed by atoms with Gasteiger partial charge in [-0.25, -0.2) is 0 Å². The van der Waals surface area contributed by atoms with E-state index in [-0.39, 0.29) is 6.42 Å². The van der Waals surface area contributed by atoms with Crippen LogP contribution in [0.3, 0.4) is 0 Å². The van der Waals surface area contributed by atoms with Gasteiger partial charge in [0, 0.05) is 12.8 Å². The zero-order valence-corrected chi connectivity index (χ0v) is 14.5. The molecule has 3 heteroatoms. The molecule has 0 amide bonds. The summed E-state index contributed by atoms with van der Waals surface area (Å²) in [7, 11) is 0. The highest BCUT2D eigenvalue weighted by Crippen LogP contribution is 2.44. The quantitative estimate of drug-likeness (QED) is 0.315. The third-order valence-electron chi connectivity index (χ3n) is 4.42. The van der Waals surface area contributed by atoms with Crippen LogP contribution in [0, 0.1) is 23.7 Å². The van der Waals surface area contributed by atoms with E-state index in [4.69, 9.17) is 5.11 Å². The van der Waals surface area contributed by atoms with Crippen LogP contribution in [0.2, 0.25) is 0 Å². The minimum atomic E-state index is -0.712. The van der Waals surface area contributed by atoms with E-state index >= 15 is 0 Å². The lowest BCUT2D eigenvalue weighted by atomic mass is 10.1. The second-order valence-electron chi connectivity index (χ2n) is 6.63. The van der Waals surface area contributed by atoms with E-state index < -0.39 is 12.1 Å². The van der Waals surface area contributed by atoms with Gasteiger partial charge in [0.2, 0.25) is 0 Å². The zero-order valence-electron chi connectivity index (χ0n) is 14.5. The largest absolute Gasteiger partial charge is 0.481 e. The molecule has 0 heterocycles. The predicted octanol–water partition coefficient (Wildman–Crippen LogP) is 4.55. The topological polar surface area (TPSA) is 57.5 Å². The van der Waals surface area contributed by atoms with Gasteiger partial charge < -0.3 is 10.2 Å². The number of aliphatic hydroxyl groups is 1. The van der Waals surface area contributed by atoms with Crippen LogP contribution in [0.1, 0.15) is 77.6 Å². The number of carboxylic acid groups (broad SMARTS) is 1. The van der Waals surface area contributed by atoms with E-state index in [9.17, 15) is 9.90 Å². The van der Waals surface area contributed by atoms with Gasteiger partial charge in [-0.3, -0.25) is 4.79 Å². The summed E-state index contributed by atoms with van der Waals surface area (Å²) in [6, 6.07) is 0. The van der Waals surface area contributed by atoms with Crippen LogP contribution in [-0.2, 0) is 4.79 Å². The van der Waals surface area contributed by atoms with E-state index in [2.05, 4.69) is 30.9 Å². The maximum Gasteiger partial charge on any atom is 0.303 e. The Kier molecular flexibility index (Phi) is 10.5. The van der Waals surface area contributed by atoms with Crippen molar-refractivity contribution in [2.45, 2.75) is 83.7 Å². The Morgan fingerprint density at radius 2 is 2.00 bits per heavy atom. The molecule has 1 fully saturated rings. The standard InChI is InChI=1S/C20H32O3/c1-2-3-7-13-19(21)14-10-12-18-16-17(18)11-8-5-4-6-9-15-20(22)23/h4-5,17-19,21H,2-3,6-9,11-13,15-16H2,1H3,(H,22,23)/b5-4+. The molecule has 3 nitrogen and oxygen atoms in total. The van der Waals surface area contributed by atoms with Gasteiger partial charge in [0.25, 0.3) is 0 Å². The number of carbonyl (C=O) groups is 1. The molecular formula is C20H32O3. The molecule has 0 aromatic heterocycles. The van der Waals surface area contributed by atoms with Gasteiger partial charge >= 0.3 is 5.97 Å². The summed E-state index contributed by atoms with van der Waals surface area (Å²) in [5.41, 5.74) is 0. The third kappa shape index (κ3) is 11.0. The first-order chi connectivity index (χ1) is 11.1. The Morgan fingerprint density at radius 3 is 2.74 bits per heavy atom. The predicted molar refractivity (Wildman–Crippen MR) is 94.0 cm³/mol. The number of aliphatic hydroxyl groups excluding tert-OH is 1. The van der Waals surface area contributed by atoms with Gasteiger partial charge in [0.1, 0.15) is 6.10 Å². The monoisotopic (exact) mass is 320 g/mol. The molecule has 0 saturated heterocycles. The molecular weight excluding hydrogens is 288 g/mol. The summed E-state index contributed by atoms with van der Waals surface area (Å²) in [5, 5.41) is 18.3. The van der Waals surface area contributed by atoms with E-state index in [0.717, 1.165) is 50.4 Å². The number of hydrogen-bond donors (Lipinski definition) is 2. The molecule has 130 valence electrons. The lowest BCUT2D eigenvalue weighted by molar-refractivity contribution is -0.137. The molecule has 1 aliphatic carbocycles. The summed E-state index contributed by atoms with van der Waals surface area (Å²) in [6.07, 6.45) is 14.4. The lowest BCUT2D eigenvalue weighted by Crippen LogP contribution is -2.02. The highest BCUT2D eigenvalue weighted by molar-refractivity contribution is 5.66. The van der Waals surface area contributed by atoms with E-state index in [0.29, 0.717) is 0 Å². The van der Waals surface area contributed by atoms with Gasteiger partial charge in [-0.05, 0) is 56.8 Å². The molecule has 23 heavy (non-hydrogen) atoms. The van der Waals surface area contributed by atoms with E-state index in [1.165, 1.54) is 25.7 Å². The van der Waals surface area contributed by atoms with Crippen molar-refractivity contribution in [3.63, 3.8) is 0 Å². The SMILES string of the molecule is CCCCCC(O)C#CCC1CC1CC/C=C/CCCC(=O)O. The number of carboxylic acids is 1. The number of hydrogen-bond acceptors (Lipinski definition) is 2. The molecule has 2 N–H and O–H groups in total. The molecule has 0 radical (unpaired) electrons. The molecule has 0 spiro atoms. The van der Waals surface area contributed by atoms with Crippen molar-refractivity contribution in [2.75, 3.05) is 0 Å². The van der Waals surface area contributed by atoms with Gasteiger partial charge in [-0.15, -0.1) is 5.92 Å². The highest BCUT2D eigenvalue weighted by Gasteiger charge is 2.34. The van der Waals surface area contributed by atoms with Crippen LogP contribution in [-0.4, -0.2) is 22.3 Å². The fourth-order valence-electron chi connectivity index (χ4n) is 2.80. The van der Waals surface area contributed by atoms with Crippen LogP contribution >= 0.6 is 0 Å². The fraction of sp³-hybridized carbons (Fsp3) is 0.750. The molecule has 1 saturated carbocycles. The second-order valence-corrected chi connectivity index (χ2v) is 6.63. The number of unbranched alkanes of at least 4 members (excludes halogenated alkanes) is 3.